The van der Waals surface area contributed by atoms with Gasteiger partial charge in [-0.1, -0.05) is 20.3 Å². The van der Waals surface area contributed by atoms with Crippen LogP contribution in [0.5, 0.6) is 0 Å². The SMILES string of the molecule is CCC(C)CN(CC)c1nccc(C)c1C#N. The van der Waals surface area contributed by atoms with Gasteiger partial charge in [0.1, 0.15) is 11.9 Å². The van der Waals surface area contributed by atoms with E-state index in [1.54, 1.807) is 6.20 Å². The van der Waals surface area contributed by atoms with Crippen molar-refractivity contribution < 1.29 is 0 Å². The van der Waals surface area contributed by atoms with Crippen LogP contribution in [0.3, 0.4) is 0 Å². The highest BCUT2D eigenvalue weighted by Gasteiger charge is 2.14. The number of hydrogen-bond donors (Lipinski definition) is 0. The normalized spacial score (nSPS) is 11.9. The van der Waals surface area contributed by atoms with Crippen LogP contribution in [-0.4, -0.2) is 18.1 Å². The van der Waals surface area contributed by atoms with Crippen molar-refractivity contribution in [3.05, 3.63) is 23.4 Å². The molecule has 0 aliphatic carbocycles. The van der Waals surface area contributed by atoms with Crippen molar-refractivity contribution in [3.63, 3.8) is 0 Å². The number of aryl methyl sites for hydroxylation is 1. The van der Waals surface area contributed by atoms with Crippen LogP contribution in [-0.2, 0) is 0 Å². The molecule has 1 atom stereocenters. The summed E-state index contributed by atoms with van der Waals surface area (Å²) in [7, 11) is 0. The predicted molar refractivity (Wildman–Crippen MR) is 71.0 cm³/mol. The Morgan fingerprint density at radius 2 is 2.18 bits per heavy atom. The third-order valence-corrected chi connectivity index (χ3v) is 3.16. The first-order chi connectivity index (χ1) is 8.13. The zero-order valence-corrected chi connectivity index (χ0v) is 11.2. The maximum absolute atomic E-state index is 9.22. The third-order valence-electron chi connectivity index (χ3n) is 3.16. The standard InChI is InChI=1S/C14H21N3/c1-5-11(3)10-17(6-2)14-13(9-15)12(4)7-8-16-14/h7-8,11H,5-6,10H2,1-4H3. The second-order valence-corrected chi connectivity index (χ2v) is 4.49. The van der Waals surface area contributed by atoms with Gasteiger partial charge in [0.15, 0.2) is 0 Å². The molecule has 0 saturated carbocycles. The second-order valence-electron chi connectivity index (χ2n) is 4.49. The van der Waals surface area contributed by atoms with Crippen LogP contribution in [0, 0.1) is 24.2 Å². The monoisotopic (exact) mass is 231 g/mol. The molecule has 92 valence electrons. The van der Waals surface area contributed by atoms with Gasteiger partial charge < -0.3 is 4.90 Å². The van der Waals surface area contributed by atoms with Crippen LogP contribution in [0.15, 0.2) is 12.3 Å². The molecule has 0 N–H and O–H groups in total. The summed E-state index contributed by atoms with van der Waals surface area (Å²) in [6.07, 6.45) is 2.93. The molecule has 0 radical (unpaired) electrons. The van der Waals surface area contributed by atoms with Gasteiger partial charge in [-0.3, -0.25) is 0 Å². The smallest absolute Gasteiger partial charge is 0.146 e. The topological polar surface area (TPSA) is 39.9 Å². The molecule has 0 aliphatic heterocycles. The van der Waals surface area contributed by atoms with Gasteiger partial charge >= 0.3 is 0 Å². The van der Waals surface area contributed by atoms with Crippen LogP contribution in [0.2, 0.25) is 0 Å². The van der Waals surface area contributed by atoms with Crippen molar-refractivity contribution in [3.8, 4) is 6.07 Å². The predicted octanol–water partition coefficient (Wildman–Crippen LogP) is 3.13. The summed E-state index contributed by atoms with van der Waals surface area (Å²) in [4.78, 5) is 6.57. The number of nitrogens with zero attached hydrogens (tertiary/aromatic N) is 3. The van der Waals surface area contributed by atoms with Crippen molar-refractivity contribution in [1.29, 1.82) is 5.26 Å². The second kappa shape index (κ2) is 6.24. The van der Waals surface area contributed by atoms with Crippen LogP contribution in [0.1, 0.15) is 38.3 Å². The number of rotatable bonds is 5. The number of anilines is 1. The number of aromatic nitrogens is 1. The minimum Gasteiger partial charge on any atom is -0.356 e. The Hall–Kier alpha value is -1.56. The molecule has 0 fully saturated rings. The summed E-state index contributed by atoms with van der Waals surface area (Å²) in [5.41, 5.74) is 1.71. The van der Waals surface area contributed by atoms with E-state index < -0.39 is 0 Å². The summed E-state index contributed by atoms with van der Waals surface area (Å²) < 4.78 is 0. The third kappa shape index (κ3) is 3.20. The largest absolute Gasteiger partial charge is 0.356 e. The lowest BCUT2D eigenvalue weighted by atomic mass is 10.1. The van der Waals surface area contributed by atoms with E-state index in [2.05, 4.69) is 36.7 Å². The molecular formula is C14H21N3. The van der Waals surface area contributed by atoms with Gasteiger partial charge in [0.05, 0.1) is 5.56 Å². The molecule has 1 aromatic rings. The number of pyridine rings is 1. The van der Waals surface area contributed by atoms with E-state index in [9.17, 15) is 5.26 Å². The average molecular weight is 231 g/mol. The molecule has 3 nitrogen and oxygen atoms in total. The molecule has 0 bridgehead atoms. The van der Waals surface area contributed by atoms with Gasteiger partial charge in [-0.25, -0.2) is 4.98 Å². The molecule has 3 heteroatoms. The quantitative estimate of drug-likeness (QED) is 0.781. The Kier molecular flexibility index (Phi) is 4.96. The molecule has 1 aromatic heterocycles. The highest BCUT2D eigenvalue weighted by Crippen LogP contribution is 2.21. The first-order valence-corrected chi connectivity index (χ1v) is 6.24. The summed E-state index contributed by atoms with van der Waals surface area (Å²) in [6, 6.07) is 4.15. The zero-order valence-electron chi connectivity index (χ0n) is 11.2. The Bertz CT molecular complexity index is 406. The molecule has 17 heavy (non-hydrogen) atoms. The summed E-state index contributed by atoms with van der Waals surface area (Å²) in [5.74, 6) is 1.44. The van der Waals surface area contributed by atoms with E-state index >= 15 is 0 Å². The van der Waals surface area contributed by atoms with Crippen LogP contribution >= 0.6 is 0 Å². The summed E-state index contributed by atoms with van der Waals surface area (Å²) in [6.45, 7) is 10.3. The molecule has 1 rings (SSSR count). The van der Waals surface area contributed by atoms with Crippen LogP contribution in [0.25, 0.3) is 0 Å². The van der Waals surface area contributed by atoms with Crippen molar-refractivity contribution >= 4 is 5.82 Å². The highest BCUT2D eigenvalue weighted by atomic mass is 15.2. The average Bonchev–Trinajstić information content (AvgIpc) is 2.35. The molecular weight excluding hydrogens is 210 g/mol. The van der Waals surface area contributed by atoms with E-state index in [0.717, 1.165) is 30.9 Å². The summed E-state index contributed by atoms with van der Waals surface area (Å²) >= 11 is 0. The van der Waals surface area contributed by atoms with E-state index in [1.165, 1.54) is 0 Å². The molecule has 0 aromatic carbocycles. The van der Waals surface area contributed by atoms with Gasteiger partial charge in [-0.05, 0) is 31.4 Å². The first-order valence-electron chi connectivity index (χ1n) is 6.24. The van der Waals surface area contributed by atoms with E-state index in [1.807, 2.05) is 13.0 Å². The van der Waals surface area contributed by atoms with E-state index in [-0.39, 0.29) is 0 Å². The Labute approximate surface area is 104 Å². The van der Waals surface area contributed by atoms with Gasteiger partial charge in [-0.2, -0.15) is 5.26 Å². The summed E-state index contributed by atoms with van der Waals surface area (Å²) in [5, 5.41) is 9.22. The van der Waals surface area contributed by atoms with Crippen molar-refractivity contribution in [1.82, 2.24) is 4.98 Å². The fourth-order valence-corrected chi connectivity index (χ4v) is 1.79. The Balaban J connectivity index is 3.04. The molecule has 0 saturated heterocycles. The van der Waals surface area contributed by atoms with Crippen LogP contribution in [0.4, 0.5) is 5.82 Å². The maximum Gasteiger partial charge on any atom is 0.146 e. The lowest BCUT2D eigenvalue weighted by molar-refractivity contribution is 0.545. The molecule has 0 aliphatic rings. The highest BCUT2D eigenvalue weighted by molar-refractivity contribution is 5.57. The minimum atomic E-state index is 0.615. The van der Waals surface area contributed by atoms with Crippen LogP contribution < -0.4 is 4.90 Å². The van der Waals surface area contributed by atoms with Gasteiger partial charge in [0.2, 0.25) is 0 Å². The van der Waals surface area contributed by atoms with Gasteiger partial charge in [-0.15, -0.1) is 0 Å². The number of nitriles is 1. The van der Waals surface area contributed by atoms with E-state index in [0.29, 0.717) is 11.5 Å². The van der Waals surface area contributed by atoms with Gasteiger partial charge in [0.25, 0.3) is 0 Å². The molecule has 0 amide bonds. The lowest BCUT2D eigenvalue weighted by Crippen LogP contribution is -2.29. The zero-order chi connectivity index (χ0) is 12.8. The van der Waals surface area contributed by atoms with E-state index in [4.69, 9.17) is 0 Å². The lowest BCUT2D eigenvalue weighted by Gasteiger charge is -2.26. The van der Waals surface area contributed by atoms with Crippen molar-refractivity contribution in [2.24, 2.45) is 5.92 Å². The fourth-order valence-electron chi connectivity index (χ4n) is 1.79. The Morgan fingerprint density at radius 3 is 2.71 bits per heavy atom. The van der Waals surface area contributed by atoms with Gasteiger partial charge in [0, 0.05) is 19.3 Å². The Morgan fingerprint density at radius 1 is 1.47 bits per heavy atom. The molecule has 1 unspecified atom stereocenters. The fraction of sp³-hybridized carbons (Fsp3) is 0.571. The number of hydrogen-bond acceptors (Lipinski definition) is 3. The van der Waals surface area contributed by atoms with Crippen molar-refractivity contribution in [2.75, 3.05) is 18.0 Å². The minimum absolute atomic E-state index is 0.615. The molecule has 1 heterocycles. The van der Waals surface area contributed by atoms with Crippen molar-refractivity contribution in [2.45, 2.75) is 34.1 Å². The maximum atomic E-state index is 9.22. The molecule has 0 spiro atoms. The first kappa shape index (κ1) is 13.5.